The Labute approximate surface area is 541 Å². The summed E-state index contributed by atoms with van der Waals surface area (Å²) in [5.74, 6) is -9.24. The fraction of sp³-hybridized carbons (Fsp3) is 0.941. The van der Waals surface area contributed by atoms with E-state index in [1.165, 1.54) is 14.2 Å². The minimum absolute atomic E-state index is 0.957. The zero-order valence-corrected chi connectivity index (χ0v) is 52.0. The van der Waals surface area contributed by atoms with E-state index in [0.29, 0.717) is 0 Å². The van der Waals surface area contributed by atoms with Crippen LogP contribution in [0.5, 0.6) is 0 Å². The molecule has 5 aliphatic rings. The highest BCUT2D eigenvalue weighted by Gasteiger charge is 2.56. The molecule has 10 unspecified atom stereocenters. The van der Waals surface area contributed by atoms with E-state index in [2.05, 4.69) is 75.7 Å². The average Bonchev–Trinajstić information content (AvgIpc) is 0.779. The standard InChI is InChI=1S/C34H59N3O46S5.3OS/c38-18-8(1-67-3-10-15(35-84(52,53)54)21(41)20(40)12(72-10)5-69-81-49)24(30(44)45)75-33(23(18)43)78-27-14(7-71-83-51)73-11(16(36-85(55,56)57)28(27)79-87(61,62)63)4-68-2-9-19(39)29(80-88(64,65)66)34(76-25(9)31(46)47)77-26-13(6-70-82-50)74-32(48)17(22(26)42)37-86(58,59)60;3*1-2/h8-29,32-43,48-51H,1-7H2,(H,44,45)(H,46,47)(H,52,53,54)(H,55,56,57)(H,58,59,60)(H,61,62,63)(H,64,65,66);;;/p-10/t8-,9-,10+,11+,12?,13?,14?,15?,16?,17?,18+,19+,20+,21-,22-,23?,24?,25?,26+,27+,28-,29?,32-,33-,34-;;;/m0.../s1. The number of carboxylic acid groups (broad SMARTS) is 2. The molecule has 0 amide bonds. The van der Waals surface area contributed by atoms with Gasteiger partial charge in [0.05, 0.1) is 62.7 Å². The van der Waals surface area contributed by atoms with Crippen molar-refractivity contribution < 1.29 is 230 Å². The second-order valence-corrected chi connectivity index (χ2v) is 24.3. The lowest BCUT2D eigenvalue weighted by Crippen LogP contribution is -2.69. The van der Waals surface area contributed by atoms with Crippen molar-refractivity contribution in [2.75, 3.05) is 46.2 Å². The maximum atomic E-state index is 12.6. The Hall–Kier alpha value is -2.65. The molecule has 0 spiro atoms. The number of aliphatic hydroxyl groups excluding tert-OH is 7. The quantitative estimate of drug-likeness (QED) is 0.0126. The van der Waals surface area contributed by atoms with Crippen molar-refractivity contribution in [2.24, 2.45) is 11.8 Å². The van der Waals surface area contributed by atoms with Crippen LogP contribution in [0.4, 0.5) is 0 Å². The number of rotatable bonds is 33. The van der Waals surface area contributed by atoms with Gasteiger partial charge in [0, 0.05) is 11.8 Å². The SMILES string of the molecule is O=C([O-])C1O[C@@H](O[C@@H]2C(COO[O-])O[C@H](COC[C@@H]3C(C(=O)[O-])O[C@@H](O[C@@H]4C(COO[O-])O[C@H](O)C(NS(=O)(=O)[O-])[C@@H]4O)C(OS(=O)(=O)[O-])[C@@H]3O)C(NS(=O)(=O)[O-])[C@@H]2OS(=O)(=O)[O-])C(O)[C@H](O)[C@@H]1COC[C@H]1OC(COO[O-])[C@@H](O)[C@@H](O)C1NS(=O)(=O)[O-].O=S.O=S.O=S. The lowest BCUT2D eigenvalue weighted by Gasteiger charge is -2.49. The van der Waals surface area contributed by atoms with E-state index in [4.69, 9.17) is 55.3 Å². The highest BCUT2D eigenvalue weighted by atomic mass is 32.3. The maximum Gasteiger partial charge on any atom is 0.218 e. The predicted molar refractivity (Wildman–Crippen MR) is 254 cm³/mol. The second-order valence-electron chi connectivity index (χ2n) is 18.8. The Kier molecular flexibility index (Phi) is 36.6. The molecule has 5 fully saturated rings. The summed E-state index contributed by atoms with van der Waals surface area (Å²) >= 11 is 8.50. The first-order valence-corrected chi connectivity index (χ1v) is 32.2. The van der Waals surface area contributed by atoms with Gasteiger partial charge in [0.2, 0.25) is 20.8 Å². The molecule has 0 aromatic carbocycles. The summed E-state index contributed by atoms with van der Waals surface area (Å²) < 4.78 is 263. The summed E-state index contributed by atoms with van der Waals surface area (Å²) in [4.78, 5) is 37.6. The van der Waals surface area contributed by atoms with Crippen LogP contribution in [0.25, 0.3) is 0 Å². The van der Waals surface area contributed by atoms with Gasteiger partial charge in [-0.3, -0.25) is 23.5 Å². The lowest BCUT2D eigenvalue weighted by atomic mass is 9.88. The molecule has 10 N–H and O–H groups in total. The van der Waals surface area contributed by atoms with E-state index in [0.717, 1.165) is 0 Å². The topological polar surface area (TPSA) is 821 Å². The Balaban J connectivity index is 0.00000487. The molecule has 5 aliphatic heterocycles. The van der Waals surface area contributed by atoms with E-state index >= 15 is 0 Å². The molecule has 60 heteroatoms. The summed E-state index contributed by atoms with van der Waals surface area (Å²) in [6.45, 7) is -8.78. The molecule has 0 aliphatic carbocycles. The number of carbonyl (C=O) groups excluding carboxylic acids is 2. The van der Waals surface area contributed by atoms with Crippen molar-refractivity contribution in [3.05, 3.63) is 0 Å². The van der Waals surface area contributed by atoms with E-state index in [1.54, 1.807) is 0 Å². The van der Waals surface area contributed by atoms with Crippen molar-refractivity contribution in [3.63, 3.8) is 0 Å². The number of aliphatic hydroxyl groups is 7. The van der Waals surface area contributed by atoms with Crippen molar-refractivity contribution in [3.8, 4) is 0 Å². The normalized spacial score (nSPS) is 36.6. The lowest BCUT2D eigenvalue weighted by molar-refractivity contribution is -0.801. The Morgan fingerprint density at radius 2 is 0.777 bits per heavy atom. The third-order valence-electron chi connectivity index (χ3n) is 13.2. The molecule has 0 aromatic heterocycles. The maximum absolute atomic E-state index is 12.6. The van der Waals surface area contributed by atoms with Gasteiger partial charge in [-0.15, -0.1) is 0 Å². The third kappa shape index (κ3) is 26.5. The first-order valence-electron chi connectivity index (χ1n) is 24.3. The van der Waals surface area contributed by atoms with Gasteiger partial charge in [-0.05, 0) is 0 Å². The summed E-state index contributed by atoms with van der Waals surface area (Å²) in [6, 6.07) is -7.30. The van der Waals surface area contributed by atoms with Gasteiger partial charge in [-0.25, -0.2) is 70.9 Å². The molecular formula is C34H49N3O49S8-10. The molecule has 0 bridgehead atoms. The van der Waals surface area contributed by atoms with Crippen LogP contribution in [0.1, 0.15) is 0 Å². The van der Waals surface area contributed by atoms with E-state index in [1.807, 2.05) is 0 Å². The van der Waals surface area contributed by atoms with Gasteiger partial charge in [0.1, 0.15) is 111 Å². The summed E-state index contributed by atoms with van der Waals surface area (Å²) in [6.07, 6.45) is -50.0. The summed E-state index contributed by atoms with van der Waals surface area (Å²) in [7, 11) is -29.6. The van der Waals surface area contributed by atoms with Gasteiger partial charge in [0.25, 0.3) is 0 Å². The highest BCUT2D eigenvalue weighted by molar-refractivity contribution is 7.84. The van der Waals surface area contributed by atoms with Crippen molar-refractivity contribution in [1.82, 2.24) is 14.2 Å². The molecule has 25 atom stereocenters. The van der Waals surface area contributed by atoms with Crippen LogP contribution >= 0.6 is 0 Å². The molecule has 5 saturated heterocycles. The van der Waals surface area contributed by atoms with Gasteiger partial charge < -0.3 is 137 Å². The number of carboxylic acids is 2. The minimum Gasteiger partial charge on any atom is -0.735 e. The van der Waals surface area contributed by atoms with Crippen LogP contribution in [0.3, 0.4) is 0 Å². The van der Waals surface area contributed by atoms with Crippen LogP contribution in [0.15, 0.2) is 0 Å². The summed E-state index contributed by atoms with van der Waals surface area (Å²) in [5.41, 5.74) is 0. The molecule has 94 heavy (non-hydrogen) atoms. The summed E-state index contributed by atoms with van der Waals surface area (Å²) in [5, 5.41) is 143. The van der Waals surface area contributed by atoms with Crippen molar-refractivity contribution in [2.45, 2.75) is 141 Å². The Morgan fingerprint density at radius 1 is 0.394 bits per heavy atom. The highest BCUT2D eigenvalue weighted by Crippen LogP contribution is 2.37. The van der Waals surface area contributed by atoms with Gasteiger partial charge in [0.15, 0.2) is 93.5 Å². The third-order valence-corrected chi connectivity index (χ3v) is 15.8. The van der Waals surface area contributed by atoms with Crippen LogP contribution in [0.2, 0.25) is 0 Å². The Bertz CT molecular complexity index is 2910. The fourth-order valence-electron chi connectivity index (χ4n) is 9.54. The smallest absolute Gasteiger partial charge is 0.218 e. The van der Waals surface area contributed by atoms with Crippen LogP contribution in [-0.4, -0.2) is 312 Å². The molecule has 5 heterocycles. The molecular weight excluding hydrogens is 1490 g/mol. The molecule has 5 rings (SSSR count). The van der Waals surface area contributed by atoms with E-state index < -0.39 is 262 Å². The number of hydrogen-bond acceptors (Lipinski definition) is 52. The zero-order chi connectivity index (χ0) is 72.2. The monoisotopic (exact) mass is 1540 g/mol. The van der Waals surface area contributed by atoms with Crippen LogP contribution in [0, 0.1) is 11.8 Å². The zero-order valence-electron chi connectivity index (χ0n) is 45.4. The molecule has 0 saturated carbocycles. The fourth-order valence-corrected chi connectivity index (χ4v) is 12.3. The van der Waals surface area contributed by atoms with Gasteiger partial charge >= 0.3 is 0 Å². The van der Waals surface area contributed by atoms with Crippen LogP contribution in [-0.2, 0) is 180 Å². The van der Waals surface area contributed by atoms with Crippen molar-refractivity contribution in [1.29, 1.82) is 0 Å². The Morgan fingerprint density at radius 3 is 1.22 bits per heavy atom. The minimum atomic E-state index is -6.31. The number of carbonyl (C=O) groups is 2. The largest absolute Gasteiger partial charge is 0.735 e. The first-order chi connectivity index (χ1) is 43.7. The number of nitrogens with one attached hydrogen (secondary N) is 3. The second kappa shape index (κ2) is 39.4. The number of aliphatic carboxylic acids is 2. The first kappa shape index (κ1) is 87.4. The molecule has 552 valence electrons. The van der Waals surface area contributed by atoms with E-state index in [9.17, 15) is 136 Å². The average molecular weight is 1540 g/mol. The number of ether oxygens (including phenoxy) is 9. The molecule has 0 aromatic rings. The number of hydrogen-bond donors (Lipinski definition) is 10. The van der Waals surface area contributed by atoms with Crippen LogP contribution < -0.4 is 40.2 Å². The predicted octanol–water partition coefficient (Wildman–Crippen LogP) is -21.0. The molecule has 52 nitrogen and oxygen atoms in total. The molecule has 0 radical (unpaired) electrons. The van der Waals surface area contributed by atoms with Crippen molar-refractivity contribution >= 4 is 101 Å². The van der Waals surface area contributed by atoms with E-state index in [-0.39, 0.29) is 0 Å². The van der Waals surface area contributed by atoms with Gasteiger partial charge in [-0.2, -0.15) is 12.6 Å². The van der Waals surface area contributed by atoms with Gasteiger partial charge in [-0.1, -0.05) is 0 Å².